The zero-order chi connectivity index (χ0) is 14.4. The Morgan fingerprint density at radius 2 is 1.95 bits per heavy atom. The van der Waals surface area contributed by atoms with Gasteiger partial charge >= 0.3 is 0 Å². The monoisotopic (exact) mass is 282 g/mol. The predicted molar refractivity (Wildman–Crippen MR) is 80.6 cm³/mol. The molecule has 0 unspecified atom stereocenters. The second kappa shape index (κ2) is 7.54. The lowest BCUT2D eigenvalue weighted by molar-refractivity contribution is 0.0976. The number of hydrogen-bond acceptors (Lipinski definition) is 2. The van der Waals surface area contributed by atoms with Gasteiger partial charge < -0.3 is 4.74 Å². The molecule has 0 bridgehead atoms. The van der Waals surface area contributed by atoms with Crippen molar-refractivity contribution in [2.24, 2.45) is 0 Å². The lowest BCUT2D eigenvalue weighted by Gasteiger charge is -2.16. The lowest BCUT2D eigenvalue weighted by Crippen LogP contribution is -2.11. The Kier molecular flexibility index (Phi) is 6.36. The highest BCUT2D eigenvalue weighted by atomic mass is 35.5. The minimum absolute atomic E-state index is 0.0597. The topological polar surface area (TPSA) is 26.3 Å². The Labute approximate surface area is 121 Å². The average Bonchev–Trinajstić information content (AvgIpc) is 2.35. The summed E-state index contributed by atoms with van der Waals surface area (Å²) in [5.74, 6) is 1.70. The molecule has 0 atom stereocenters. The number of ketones is 1. The lowest BCUT2D eigenvalue weighted by atomic mass is 9.97. The van der Waals surface area contributed by atoms with Gasteiger partial charge in [-0.2, -0.15) is 0 Å². The Bertz CT molecular complexity index is 425. The van der Waals surface area contributed by atoms with E-state index in [0.29, 0.717) is 36.0 Å². The molecule has 0 aromatic heterocycles. The molecular weight excluding hydrogens is 260 g/mol. The number of hydrogen-bond donors (Lipinski definition) is 0. The van der Waals surface area contributed by atoms with Crippen LogP contribution in [0.25, 0.3) is 0 Å². The smallest absolute Gasteiger partial charge is 0.166 e. The Morgan fingerprint density at radius 3 is 2.47 bits per heavy atom. The molecule has 2 nitrogen and oxygen atoms in total. The number of alkyl halides is 1. The fourth-order valence-electron chi connectivity index (χ4n) is 1.84. The van der Waals surface area contributed by atoms with E-state index in [1.54, 1.807) is 0 Å². The number of halogens is 1. The summed E-state index contributed by atoms with van der Waals surface area (Å²) >= 11 is 5.66. The van der Waals surface area contributed by atoms with Crippen LogP contribution in [0.4, 0.5) is 0 Å². The number of Topliss-reactive ketones (excluding diaryl/α,β-unsaturated/α-hetero) is 1. The van der Waals surface area contributed by atoms with Crippen molar-refractivity contribution in [3.8, 4) is 5.75 Å². The molecule has 1 aromatic carbocycles. The van der Waals surface area contributed by atoms with E-state index in [4.69, 9.17) is 16.3 Å². The minimum Gasteiger partial charge on any atom is -0.490 e. The van der Waals surface area contributed by atoms with Gasteiger partial charge in [-0.25, -0.2) is 0 Å². The third-order valence-corrected chi connectivity index (χ3v) is 3.14. The maximum Gasteiger partial charge on any atom is 0.166 e. The van der Waals surface area contributed by atoms with E-state index in [-0.39, 0.29) is 11.9 Å². The summed E-state index contributed by atoms with van der Waals surface area (Å²) in [5.41, 5.74) is 1.84. The van der Waals surface area contributed by atoms with Crippen molar-refractivity contribution in [1.29, 1.82) is 0 Å². The molecule has 0 amide bonds. The molecule has 0 aliphatic rings. The third kappa shape index (κ3) is 4.87. The highest BCUT2D eigenvalue weighted by Crippen LogP contribution is 2.26. The number of carbonyl (C=O) groups excluding carboxylic acids is 1. The second-order valence-corrected chi connectivity index (χ2v) is 5.67. The van der Waals surface area contributed by atoms with E-state index in [9.17, 15) is 4.79 Å². The van der Waals surface area contributed by atoms with Crippen molar-refractivity contribution in [3.05, 3.63) is 29.3 Å². The molecule has 19 heavy (non-hydrogen) atoms. The van der Waals surface area contributed by atoms with Crippen LogP contribution < -0.4 is 4.74 Å². The van der Waals surface area contributed by atoms with Gasteiger partial charge in [-0.05, 0) is 43.9 Å². The number of benzene rings is 1. The van der Waals surface area contributed by atoms with Crippen LogP contribution in [0.5, 0.6) is 5.75 Å². The molecule has 106 valence electrons. The van der Waals surface area contributed by atoms with Crippen LogP contribution in [0.15, 0.2) is 18.2 Å². The molecule has 0 N–H and O–H groups in total. The summed E-state index contributed by atoms with van der Waals surface area (Å²) in [6, 6.07) is 5.89. The summed E-state index contributed by atoms with van der Waals surface area (Å²) in [5, 5.41) is 0. The molecule has 0 saturated heterocycles. The first kappa shape index (κ1) is 16.0. The largest absolute Gasteiger partial charge is 0.490 e. The average molecular weight is 283 g/mol. The number of rotatable bonds is 7. The molecule has 0 heterocycles. The summed E-state index contributed by atoms with van der Waals surface area (Å²) in [6.45, 7) is 8.16. The molecule has 0 aliphatic carbocycles. The first-order chi connectivity index (χ1) is 8.95. The normalized spacial score (nSPS) is 11.1. The van der Waals surface area contributed by atoms with Crippen molar-refractivity contribution >= 4 is 17.4 Å². The molecule has 0 aliphatic heterocycles. The first-order valence-electron chi connectivity index (χ1n) is 6.85. The van der Waals surface area contributed by atoms with Gasteiger partial charge in [0.2, 0.25) is 0 Å². The van der Waals surface area contributed by atoms with E-state index < -0.39 is 0 Å². The fraction of sp³-hybridized carbons (Fsp3) is 0.562. The predicted octanol–water partition coefficient (Wildman–Crippen LogP) is 4.80. The summed E-state index contributed by atoms with van der Waals surface area (Å²) in [7, 11) is 0. The zero-order valence-electron chi connectivity index (χ0n) is 12.2. The molecule has 0 spiro atoms. The van der Waals surface area contributed by atoms with Gasteiger partial charge in [-0.1, -0.05) is 19.9 Å². The van der Waals surface area contributed by atoms with E-state index >= 15 is 0 Å². The van der Waals surface area contributed by atoms with E-state index in [1.807, 2.05) is 32.0 Å². The van der Waals surface area contributed by atoms with Crippen LogP contribution in [0, 0.1) is 0 Å². The molecule has 3 heteroatoms. The Morgan fingerprint density at radius 1 is 1.26 bits per heavy atom. The van der Waals surface area contributed by atoms with Gasteiger partial charge in [0.05, 0.1) is 11.7 Å². The van der Waals surface area contributed by atoms with Gasteiger partial charge in [0, 0.05) is 12.3 Å². The van der Waals surface area contributed by atoms with Gasteiger partial charge in [0.25, 0.3) is 0 Å². The summed E-state index contributed by atoms with van der Waals surface area (Å²) in [4.78, 5) is 12.2. The van der Waals surface area contributed by atoms with Crippen LogP contribution in [0.1, 0.15) is 62.4 Å². The van der Waals surface area contributed by atoms with Gasteiger partial charge in [0.15, 0.2) is 5.78 Å². The zero-order valence-corrected chi connectivity index (χ0v) is 13.0. The van der Waals surface area contributed by atoms with Gasteiger partial charge in [0.1, 0.15) is 5.75 Å². The fourth-order valence-corrected chi connectivity index (χ4v) is 1.98. The van der Waals surface area contributed by atoms with Crippen LogP contribution in [0.3, 0.4) is 0 Å². The molecule has 0 radical (unpaired) electrons. The van der Waals surface area contributed by atoms with E-state index in [2.05, 4.69) is 13.8 Å². The maximum atomic E-state index is 12.2. The molecule has 1 rings (SSSR count). The highest BCUT2D eigenvalue weighted by Gasteiger charge is 2.15. The van der Waals surface area contributed by atoms with Crippen LogP contribution in [-0.4, -0.2) is 17.8 Å². The molecule has 1 aromatic rings. The van der Waals surface area contributed by atoms with Crippen molar-refractivity contribution in [2.45, 2.75) is 52.6 Å². The van der Waals surface area contributed by atoms with Gasteiger partial charge in [-0.15, -0.1) is 11.6 Å². The third-order valence-electron chi connectivity index (χ3n) is 2.87. The van der Waals surface area contributed by atoms with Crippen molar-refractivity contribution in [2.75, 3.05) is 5.88 Å². The quantitative estimate of drug-likeness (QED) is 0.530. The molecule has 0 fully saturated rings. The van der Waals surface area contributed by atoms with Crippen molar-refractivity contribution in [1.82, 2.24) is 0 Å². The van der Waals surface area contributed by atoms with Crippen LogP contribution in [-0.2, 0) is 0 Å². The number of ether oxygens (including phenoxy) is 1. The van der Waals surface area contributed by atoms with Crippen LogP contribution >= 0.6 is 11.6 Å². The Balaban J connectivity index is 3.06. The van der Waals surface area contributed by atoms with E-state index in [1.165, 1.54) is 0 Å². The minimum atomic E-state index is 0.0597. The SMILES string of the molecule is CC(C)Oc1ccc(C(C)C)cc1C(=O)CCCCl. The molecular formula is C16H23ClO2. The molecule has 0 saturated carbocycles. The number of carbonyl (C=O) groups is 1. The summed E-state index contributed by atoms with van der Waals surface area (Å²) in [6.07, 6.45) is 1.23. The second-order valence-electron chi connectivity index (χ2n) is 5.29. The Hall–Kier alpha value is -1.02. The van der Waals surface area contributed by atoms with Crippen molar-refractivity contribution in [3.63, 3.8) is 0 Å². The van der Waals surface area contributed by atoms with Crippen LogP contribution in [0.2, 0.25) is 0 Å². The van der Waals surface area contributed by atoms with Crippen molar-refractivity contribution < 1.29 is 9.53 Å². The van der Waals surface area contributed by atoms with E-state index in [0.717, 1.165) is 5.56 Å². The maximum absolute atomic E-state index is 12.2. The van der Waals surface area contributed by atoms with Gasteiger partial charge in [-0.3, -0.25) is 4.79 Å². The highest BCUT2D eigenvalue weighted by molar-refractivity contribution is 6.18. The summed E-state index contributed by atoms with van der Waals surface area (Å²) < 4.78 is 5.73. The standard InChI is InChI=1S/C16H23ClO2/c1-11(2)13-7-8-16(19-12(3)4)14(10-13)15(18)6-5-9-17/h7-8,10-12H,5-6,9H2,1-4H3. The first-order valence-corrected chi connectivity index (χ1v) is 7.39.